The number of hydrogen-bond donors (Lipinski definition) is 1. The summed E-state index contributed by atoms with van der Waals surface area (Å²) in [6.07, 6.45) is 3.57. The topological polar surface area (TPSA) is 58.6 Å². The molecule has 2 rings (SSSR count). The molecule has 0 aliphatic carbocycles. The Morgan fingerprint density at radius 1 is 1.33 bits per heavy atom. The maximum absolute atomic E-state index is 12.6. The third kappa shape index (κ3) is 4.35. The van der Waals surface area contributed by atoms with Crippen molar-refractivity contribution in [2.45, 2.75) is 45.6 Å². The highest BCUT2D eigenvalue weighted by Crippen LogP contribution is 2.22. The van der Waals surface area contributed by atoms with Crippen molar-refractivity contribution in [1.82, 2.24) is 10.2 Å². The molecule has 1 aromatic carbocycles. The van der Waals surface area contributed by atoms with Crippen LogP contribution < -0.4 is 10.1 Å². The highest BCUT2D eigenvalue weighted by atomic mass is 16.5. The van der Waals surface area contributed by atoms with Crippen LogP contribution in [0.2, 0.25) is 0 Å². The van der Waals surface area contributed by atoms with E-state index < -0.39 is 0 Å². The fraction of sp³-hybridized carbons (Fsp3) is 0.579. The zero-order valence-corrected chi connectivity index (χ0v) is 14.9. The van der Waals surface area contributed by atoms with Gasteiger partial charge in [-0.15, -0.1) is 0 Å². The molecule has 0 radical (unpaired) electrons. The van der Waals surface area contributed by atoms with Crippen molar-refractivity contribution in [3.8, 4) is 5.75 Å². The lowest BCUT2D eigenvalue weighted by Crippen LogP contribution is -2.40. The Kier molecular flexibility index (Phi) is 6.79. The Morgan fingerprint density at radius 3 is 2.79 bits per heavy atom. The van der Waals surface area contributed by atoms with Gasteiger partial charge >= 0.3 is 0 Å². The van der Waals surface area contributed by atoms with Crippen LogP contribution in [0, 0.1) is 0 Å². The molecule has 0 saturated carbocycles. The molecule has 1 amide bonds. The molecule has 1 N–H and O–H groups in total. The van der Waals surface area contributed by atoms with Gasteiger partial charge in [0.1, 0.15) is 5.75 Å². The number of ketones is 1. The Balaban J connectivity index is 2.09. The maximum Gasteiger partial charge on any atom is 0.255 e. The summed E-state index contributed by atoms with van der Waals surface area (Å²) in [4.78, 5) is 27.1. The lowest BCUT2D eigenvalue weighted by Gasteiger charge is -2.23. The van der Waals surface area contributed by atoms with Gasteiger partial charge < -0.3 is 10.1 Å². The minimum absolute atomic E-state index is 0.0576. The molecular weight excluding hydrogens is 304 g/mol. The number of Topliss-reactive ketones (excluding diaryl/α,β-unsaturated/α-hetero) is 1. The van der Waals surface area contributed by atoms with E-state index in [1.807, 2.05) is 6.92 Å². The van der Waals surface area contributed by atoms with Gasteiger partial charge in [-0.1, -0.05) is 13.8 Å². The number of benzene rings is 1. The van der Waals surface area contributed by atoms with E-state index in [-0.39, 0.29) is 11.7 Å². The number of likely N-dealkylation sites (N-methyl/N-ethyl adjacent to an activating group) is 1. The molecule has 0 bridgehead atoms. The van der Waals surface area contributed by atoms with E-state index in [0.717, 1.165) is 25.9 Å². The van der Waals surface area contributed by atoms with E-state index in [2.05, 4.69) is 17.1 Å². The highest BCUT2D eigenvalue weighted by Gasteiger charge is 2.24. The fourth-order valence-corrected chi connectivity index (χ4v) is 3.28. The van der Waals surface area contributed by atoms with Gasteiger partial charge in [0.15, 0.2) is 5.78 Å². The molecular formula is C19H28N2O3. The van der Waals surface area contributed by atoms with Crippen molar-refractivity contribution in [2.75, 3.05) is 26.7 Å². The molecule has 24 heavy (non-hydrogen) atoms. The molecule has 1 saturated heterocycles. The normalized spacial score (nSPS) is 17.7. The van der Waals surface area contributed by atoms with Crippen molar-refractivity contribution >= 4 is 11.7 Å². The van der Waals surface area contributed by atoms with Gasteiger partial charge in [-0.2, -0.15) is 0 Å². The van der Waals surface area contributed by atoms with Crippen molar-refractivity contribution in [1.29, 1.82) is 0 Å². The molecule has 1 aliphatic rings. The monoisotopic (exact) mass is 332 g/mol. The van der Waals surface area contributed by atoms with Crippen LogP contribution in [0.4, 0.5) is 0 Å². The summed E-state index contributed by atoms with van der Waals surface area (Å²) in [6, 6.07) is 5.47. The maximum atomic E-state index is 12.6. The zero-order valence-electron chi connectivity index (χ0n) is 14.9. The predicted octanol–water partition coefficient (Wildman–Crippen LogP) is 2.89. The number of ether oxygens (including phenoxy) is 1. The largest absolute Gasteiger partial charge is 0.496 e. The molecule has 1 atom stereocenters. The first-order chi connectivity index (χ1) is 11.6. The van der Waals surface area contributed by atoms with Crippen molar-refractivity contribution < 1.29 is 14.3 Å². The van der Waals surface area contributed by atoms with Crippen LogP contribution in [-0.4, -0.2) is 49.4 Å². The summed E-state index contributed by atoms with van der Waals surface area (Å²) < 4.78 is 5.29. The van der Waals surface area contributed by atoms with E-state index in [1.165, 1.54) is 13.5 Å². The number of nitrogens with zero attached hydrogens (tertiary/aromatic N) is 1. The molecule has 132 valence electrons. The Labute approximate surface area is 144 Å². The number of carbonyl (C=O) groups excluding carboxylic acids is 2. The Morgan fingerprint density at radius 2 is 2.12 bits per heavy atom. The van der Waals surface area contributed by atoms with Crippen molar-refractivity contribution in [3.05, 3.63) is 29.3 Å². The van der Waals surface area contributed by atoms with E-state index in [9.17, 15) is 9.59 Å². The van der Waals surface area contributed by atoms with Crippen LogP contribution >= 0.6 is 0 Å². The minimum atomic E-state index is -0.180. The molecule has 0 spiro atoms. The van der Waals surface area contributed by atoms with E-state index >= 15 is 0 Å². The zero-order chi connectivity index (χ0) is 17.5. The van der Waals surface area contributed by atoms with Crippen LogP contribution in [0.25, 0.3) is 0 Å². The van der Waals surface area contributed by atoms with Gasteiger partial charge in [-0.05, 0) is 50.6 Å². The third-order valence-corrected chi connectivity index (χ3v) is 4.65. The second-order valence-electron chi connectivity index (χ2n) is 6.22. The highest BCUT2D eigenvalue weighted by molar-refractivity contribution is 6.02. The first-order valence-corrected chi connectivity index (χ1v) is 8.84. The number of methoxy groups -OCH3 is 1. The standard InChI is InChI=1S/C19H28N2O3/c1-4-7-17(22)14-9-10-18(24-3)16(12-14)19(23)20-13-15-8-6-11-21(15)5-2/h9-10,12,15H,4-8,11,13H2,1-3H3,(H,20,23). The summed E-state index contributed by atoms with van der Waals surface area (Å²) in [5, 5.41) is 3.01. The fourth-order valence-electron chi connectivity index (χ4n) is 3.28. The SMILES string of the molecule is CCCC(=O)c1ccc(OC)c(C(=O)NCC2CCCN2CC)c1. The molecule has 1 heterocycles. The van der Waals surface area contributed by atoms with Crippen LogP contribution in [0.3, 0.4) is 0 Å². The van der Waals surface area contributed by atoms with Crippen molar-refractivity contribution in [3.63, 3.8) is 0 Å². The van der Waals surface area contributed by atoms with Gasteiger partial charge in [0, 0.05) is 24.6 Å². The molecule has 1 unspecified atom stereocenters. The van der Waals surface area contributed by atoms with Gasteiger partial charge in [-0.3, -0.25) is 14.5 Å². The lowest BCUT2D eigenvalue weighted by molar-refractivity contribution is 0.0938. The smallest absolute Gasteiger partial charge is 0.255 e. The van der Waals surface area contributed by atoms with Gasteiger partial charge in [-0.25, -0.2) is 0 Å². The van der Waals surface area contributed by atoms with Gasteiger partial charge in [0.2, 0.25) is 0 Å². The molecule has 1 aromatic rings. The Bertz CT molecular complexity index is 586. The van der Waals surface area contributed by atoms with Gasteiger partial charge in [0.05, 0.1) is 12.7 Å². The van der Waals surface area contributed by atoms with Crippen LogP contribution in [0.5, 0.6) is 5.75 Å². The van der Waals surface area contributed by atoms with E-state index in [1.54, 1.807) is 18.2 Å². The first-order valence-electron chi connectivity index (χ1n) is 8.84. The predicted molar refractivity (Wildman–Crippen MR) is 94.8 cm³/mol. The summed E-state index contributed by atoms with van der Waals surface area (Å²) >= 11 is 0. The summed E-state index contributed by atoms with van der Waals surface area (Å²) in [6.45, 7) is 6.84. The second-order valence-corrected chi connectivity index (χ2v) is 6.22. The van der Waals surface area contributed by atoms with E-state index in [4.69, 9.17) is 4.74 Å². The van der Waals surface area contributed by atoms with Crippen LogP contribution in [0.1, 0.15) is 60.2 Å². The number of nitrogens with one attached hydrogen (secondary N) is 1. The average molecular weight is 332 g/mol. The van der Waals surface area contributed by atoms with Crippen molar-refractivity contribution in [2.24, 2.45) is 0 Å². The number of carbonyl (C=O) groups is 2. The average Bonchev–Trinajstić information content (AvgIpc) is 3.06. The third-order valence-electron chi connectivity index (χ3n) is 4.65. The lowest BCUT2D eigenvalue weighted by atomic mass is 10.0. The van der Waals surface area contributed by atoms with Crippen LogP contribution in [-0.2, 0) is 0 Å². The molecule has 5 nitrogen and oxygen atoms in total. The van der Waals surface area contributed by atoms with Gasteiger partial charge in [0.25, 0.3) is 5.91 Å². The molecule has 1 aliphatic heterocycles. The number of likely N-dealkylation sites (tertiary alicyclic amines) is 1. The molecule has 0 aromatic heterocycles. The van der Waals surface area contributed by atoms with E-state index in [0.29, 0.717) is 35.9 Å². The summed E-state index contributed by atoms with van der Waals surface area (Å²) in [5.74, 6) is 0.377. The minimum Gasteiger partial charge on any atom is -0.496 e. The second kappa shape index (κ2) is 8.83. The quantitative estimate of drug-likeness (QED) is 0.744. The molecule has 5 heteroatoms. The number of rotatable bonds is 8. The Hall–Kier alpha value is -1.88. The number of hydrogen-bond acceptors (Lipinski definition) is 4. The van der Waals surface area contributed by atoms with Crippen LogP contribution in [0.15, 0.2) is 18.2 Å². The number of amides is 1. The summed E-state index contributed by atoms with van der Waals surface area (Å²) in [7, 11) is 1.54. The first kappa shape index (κ1) is 18.5. The summed E-state index contributed by atoms with van der Waals surface area (Å²) in [5.41, 5.74) is 0.999. The molecule has 1 fully saturated rings.